The van der Waals surface area contributed by atoms with E-state index in [9.17, 15) is 14.7 Å². The minimum absolute atomic E-state index is 0.0182. The van der Waals surface area contributed by atoms with Crippen LogP contribution in [0, 0.1) is 51.2 Å². The van der Waals surface area contributed by atoms with Crippen molar-refractivity contribution in [3.8, 4) is 0 Å². The van der Waals surface area contributed by atoms with Crippen LogP contribution in [0.5, 0.6) is 0 Å². The zero-order chi connectivity index (χ0) is 34.4. The highest BCUT2D eigenvalue weighted by atomic mass is 16.5. The summed E-state index contributed by atoms with van der Waals surface area (Å²) < 4.78 is 5.24. The molecule has 5 fully saturated rings. The second kappa shape index (κ2) is 13.4. The van der Waals surface area contributed by atoms with Crippen LogP contribution in [0.15, 0.2) is 54.6 Å². The molecule has 49 heavy (non-hydrogen) atoms. The maximum Gasteiger partial charge on any atom is 0.407 e. The molecular formula is C43H60N2O4. The van der Waals surface area contributed by atoms with Crippen LogP contribution in [0.3, 0.4) is 0 Å². The first kappa shape index (κ1) is 34.6. The largest absolute Gasteiger partial charge is 0.445 e. The summed E-state index contributed by atoms with van der Waals surface area (Å²) in [5.41, 5.74) is 4.15. The third-order valence-electron chi connectivity index (χ3n) is 15.3. The highest BCUT2D eigenvalue weighted by Gasteiger charge is 2.66. The molecule has 9 atom stereocenters. The summed E-state index contributed by atoms with van der Waals surface area (Å²) >= 11 is 0. The summed E-state index contributed by atoms with van der Waals surface area (Å²) in [5, 5.41) is 16.6. The number of benzene rings is 2. The maximum absolute atomic E-state index is 12.9. The first-order chi connectivity index (χ1) is 23.5. The molecule has 2 aromatic rings. The van der Waals surface area contributed by atoms with Crippen molar-refractivity contribution in [1.29, 1.82) is 0 Å². The molecule has 6 nitrogen and oxygen atoms in total. The van der Waals surface area contributed by atoms with E-state index < -0.39 is 6.09 Å². The molecule has 0 spiro atoms. The molecule has 3 N–H and O–H groups in total. The van der Waals surface area contributed by atoms with Gasteiger partial charge in [0.05, 0.1) is 6.10 Å². The standard InChI is InChI=1S/C43H60N2O4/c1-40(2)35-19-22-41(3)33-18-24-43(21-8-11-34(43)32(33)16-17-36(41)42(35,4)23-20-37(40)46)27-29-12-14-31(15-13-29)38(47)44-25-26-45-39(48)49-28-30-9-6-5-7-10-30/h5-7,9-10,12-15,32-37,46H,8,11,16-28H2,1-4H3,(H,44,47)(H,45,48). The Bertz CT molecular complexity index is 1490. The molecule has 5 saturated carbocycles. The second-order valence-electron chi connectivity index (χ2n) is 17.9. The van der Waals surface area contributed by atoms with Gasteiger partial charge in [-0.15, -0.1) is 0 Å². The van der Waals surface area contributed by atoms with E-state index in [0.29, 0.717) is 40.8 Å². The zero-order valence-corrected chi connectivity index (χ0v) is 30.4. The van der Waals surface area contributed by atoms with Crippen LogP contribution >= 0.6 is 0 Å². The fraction of sp³-hybridized carbons (Fsp3) is 0.674. The predicted molar refractivity (Wildman–Crippen MR) is 194 cm³/mol. The van der Waals surface area contributed by atoms with E-state index in [1.54, 1.807) is 0 Å². The first-order valence-electron chi connectivity index (χ1n) is 19.5. The van der Waals surface area contributed by atoms with Crippen LogP contribution in [0.4, 0.5) is 4.79 Å². The lowest BCUT2D eigenvalue weighted by molar-refractivity contribution is -0.214. The van der Waals surface area contributed by atoms with Gasteiger partial charge in [-0.25, -0.2) is 4.79 Å². The summed E-state index contributed by atoms with van der Waals surface area (Å²) in [6.45, 7) is 10.9. The summed E-state index contributed by atoms with van der Waals surface area (Å²) in [6.07, 6.45) is 14.8. The van der Waals surface area contributed by atoms with Crippen molar-refractivity contribution in [2.24, 2.45) is 51.2 Å². The number of amides is 2. The summed E-state index contributed by atoms with van der Waals surface area (Å²) in [6, 6.07) is 17.9. The van der Waals surface area contributed by atoms with Crippen molar-refractivity contribution in [1.82, 2.24) is 10.6 Å². The molecule has 6 heteroatoms. The van der Waals surface area contributed by atoms with Crippen LogP contribution in [-0.2, 0) is 17.8 Å². The molecular weight excluding hydrogens is 608 g/mol. The molecule has 0 bridgehead atoms. The molecule has 2 aromatic carbocycles. The highest BCUT2D eigenvalue weighted by molar-refractivity contribution is 5.94. The smallest absolute Gasteiger partial charge is 0.407 e. The summed E-state index contributed by atoms with van der Waals surface area (Å²) in [7, 11) is 0. The second-order valence-corrected chi connectivity index (χ2v) is 17.9. The minimum atomic E-state index is -0.487. The van der Waals surface area contributed by atoms with Crippen LogP contribution < -0.4 is 10.6 Å². The van der Waals surface area contributed by atoms with Crippen molar-refractivity contribution >= 4 is 12.0 Å². The Kier molecular flexibility index (Phi) is 9.43. The van der Waals surface area contributed by atoms with Crippen LogP contribution in [0.25, 0.3) is 0 Å². The van der Waals surface area contributed by atoms with Crippen molar-refractivity contribution in [2.75, 3.05) is 13.1 Å². The summed E-state index contributed by atoms with van der Waals surface area (Å²) in [4.78, 5) is 24.9. The van der Waals surface area contributed by atoms with Crippen molar-refractivity contribution < 1.29 is 19.4 Å². The van der Waals surface area contributed by atoms with Crippen molar-refractivity contribution in [3.63, 3.8) is 0 Å². The van der Waals surface area contributed by atoms with E-state index in [1.807, 2.05) is 42.5 Å². The molecule has 0 aliphatic heterocycles. The fourth-order valence-electron chi connectivity index (χ4n) is 13.0. The first-order valence-corrected chi connectivity index (χ1v) is 19.5. The molecule has 7 rings (SSSR count). The number of hydrogen-bond acceptors (Lipinski definition) is 4. The number of rotatable bonds is 8. The average Bonchev–Trinajstić information content (AvgIpc) is 3.52. The number of aliphatic hydroxyl groups excluding tert-OH is 1. The van der Waals surface area contributed by atoms with Gasteiger partial charge in [-0.2, -0.15) is 0 Å². The molecule has 0 saturated heterocycles. The number of carbonyl (C=O) groups is 2. The Morgan fingerprint density at radius 2 is 1.47 bits per heavy atom. The highest BCUT2D eigenvalue weighted by Crippen LogP contribution is 2.73. The number of fused-ring (bicyclic) bond motifs is 7. The van der Waals surface area contributed by atoms with Gasteiger partial charge in [0.1, 0.15) is 6.61 Å². The molecule has 5 aliphatic rings. The van der Waals surface area contributed by atoms with Crippen molar-refractivity contribution in [2.45, 2.75) is 117 Å². The lowest BCUT2D eigenvalue weighted by atomic mass is 9.36. The number of alkyl carbamates (subject to hydrolysis) is 1. The lowest BCUT2D eigenvalue weighted by Gasteiger charge is -2.69. The quantitative estimate of drug-likeness (QED) is 0.246. The SMILES string of the molecule is CC1(C)C(O)CCC2(C)C1CCC1(C)C3CCC4(Cc5ccc(C(=O)NCCNC(=O)OCc6ccccc6)cc5)CCCC4C3CCC12. The molecule has 0 heterocycles. The minimum Gasteiger partial charge on any atom is -0.445 e. The van der Waals surface area contributed by atoms with E-state index in [1.165, 1.54) is 69.8 Å². The van der Waals surface area contributed by atoms with Gasteiger partial charge in [0.25, 0.3) is 5.91 Å². The predicted octanol–water partition coefficient (Wildman–Crippen LogP) is 8.71. The van der Waals surface area contributed by atoms with Gasteiger partial charge in [0, 0.05) is 18.7 Å². The normalized spacial score (nSPS) is 37.5. The Balaban J connectivity index is 0.939. The molecule has 2 amide bonds. The Morgan fingerprint density at radius 3 is 2.24 bits per heavy atom. The van der Waals surface area contributed by atoms with E-state index >= 15 is 0 Å². The number of ether oxygens (including phenoxy) is 1. The number of nitrogens with one attached hydrogen (secondary N) is 2. The molecule has 0 aromatic heterocycles. The van der Waals surface area contributed by atoms with Gasteiger partial charge < -0.3 is 20.5 Å². The molecule has 9 unspecified atom stereocenters. The molecule has 266 valence electrons. The van der Waals surface area contributed by atoms with Gasteiger partial charge in [-0.05, 0) is 145 Å². The Morgan fingerprint density at radius 1 is 0.735 bits per heavy atom. The third kappa shape index (κ3) is 6.23. The van der Waals surface area contributed by atoms with E-state index in [0.717, 1.165) is 42.1 Å². The van der Waals surface area contributed by atoms with Gasteiger partial charge in [0.2, 0.25) is 0 Å². The van der Waals surface area contributed by atoms with Gasteiger partial charge >= 0.3 is 6.09 Å². The monoisotopic (exact) mass is 668 g/mol. The van der Waals surface area contributed by atoms with Crippen LogP contribution in [0.1, 0.15) is 120 Å². The van der Waals surface area contributed by atoms with E-state index in [-0.39, 0.29) is 24.0 Å². The lowest BCUT2D eigenvalue weighted by Crippen LogP contribution is -2.63. The van der Waals surface area contributed by atoms with Crippen LogP contribution in [-0.4, -0.2) is 36.3 Å². The molecule has 5 aliphatic carbocycles. The van der Waals surface area contributed by atoms with E-state index in [4.69, 9.17) is 4.74 Å². The maximum atomic E-state index is 12.9. The van der Waals surface area contributed by atoms with Gasteiger partial charge in [-0.1, -0.05) is 76.6 Å². The zero-order valence-electron chi connectivity index (χ0n) is 30.4. The van der Waals surface area contributed by atoms with Crippen molar-refractivity contribution in [3.05, 3.63) is 71.3 Å². The third-order valence-corrected chi connectivity index (χ3v) is 15.3. The molecule has 0 radical (unpaired) electrons. The topological polar surface area (TPSA) is 87.7 Å². The number of aliphatic hydroxyl groups is 1. The average molecular weight is 669 g/mol. The number of hydrogen-bond donors (Lipinski definition) is 3. The van der Waals surface area contributed by atoms with Gasteiger partial charge in [-0.3, -0.25) is 4.79 Å². The van der Waals surface area contributed by atoms with Crippen LogP contribution in [0.2, 0.25) is 0 Å². The summed E-state index contributed by atoms with van der Waals surface area (Å²) in [5.74, 6) is 3.78. The van der Waals surface area contributed by atoms with Gasteiger partial charge in [0.15, 0.2) is 0 Å². The Hall–Kier alpha value is -2.86. The number of carbonyl (C=O) groups excluding carboxylic acids is 2. The fourth-order valence-corrected chi connectivity index (χ4v) is 13.0. The Labute approximate surface area is 294 Å². The van der Waals surface area contributed by atoms with E-state index in [2.05, 4.69) is 50.5 Å².